The summed E-state index contributed by atoms with van der Waals surface area (Å²) in [7, 11) is 1.93. The van der Waals surface area contributed by atoms with Gasteiger partial charge in [-0.15, -0.1) is 11.8 Å². The van der Waals surface area contributed by atoms with Gasteiger partial charge in [-0.2, -0.15) is 0 Å². The van der Waals surface area contributed by atoms with Crippen LogP contribution in [-0.2, 0) is 4.79 Å². The van der Waals surface area contributed by atoms with E-state index in [1.165, 1.54) is 0 Å². The van der Waals surface area contributed by atoms with Crippen LogP contribution in [0.15, 0.2) is 23.1 Å². The van der Waals surface area contributed by atoms with Crippen LogP contribution < -0.4 is 4.90 Å². The molecular formula is C11H12ClNO2S. The number of fused-ring (bicyclic) bond motifs is 1. The number of anilines is 1. The lowest BCUT2D eigenvalue weighted by Gasteiger charge is -2.34. The zero-order chi connectivity index (χ0) is 11.7. The smallest absolute Gasteiger partial charge is 0.305 e. The molecule has 1 unspecified atom stereocenters. The summed E-state index contributed by atoms with van der Waals surface area (Å²) in [5.41, 5.74) is 1.06. The second-order valence-corrected chi connectivity index (χ2v) is 5.28. The van der Waals surface area contributed by atoms with Crippen molar-refractivity contribution in [1.82, 2.24) is 0 Å². The fraction of sp³-hybridized carbons (Fsp3) is 0.364. The van der Waals surface area contributed by atoms with E-state index in [4.69, 9.17) is 16.7 Å². The third-order valence-corrected chi connectivity index (χ3v) is 4.12. The van der Waals surface area contributed by atoms with Gasteiger partial charge in [-0.1, -0.05) is 11.6 Å². The Hall–Kier alpha value is -0.870. The Morgan fingerprint density at radius 1 is 1.69 bits per heavy atom. The van der Waals surface area contributed by atoms with Crippen molar-refractivity contribution in [3.05, 3.63) is 23.2 Å². The summed E-state index contributed by atoms with van der Waals surface area (Å²) < 4.78 is 0. The van der Waals surface area contributed by atoms with Gasteiger partial charge in [0.05, 0.1) is 12.1 Å². The maximum atomic E-state index is 10.7. The molecule has 0 spiro atoms. The number of benzene rings is 1. The van der Waals surface area contributed by atoms with Crippen LogP contribution >= 0.6 is 23.4 Å². The lowest BCUT2D eigenvalue weighted by molar-refractivity contribution is -0.137. The molecule has 1 N–H and O–H groups in total. The Kier molecular flexibility index (Phi) is 3.30. The highest BCUT2D eigenvalue weighted by atomic mass is 35.5. The summed E-state index contributed by atoms with van der Waals surface area (Å²) in [6, 6.07) is 5.75. The van der Waals surface area contributed by atoms with Crippen LogP contribution in [0.5, 0.6) is 0 Å². The Bertz CT molecular complexity index is 424. The maximum absolute atomic E-state index is 10.7. The minimum absolute atomic E-state index is 0.0520. The predicted molar refractivity (Wildman–Crippen MR) is 66.6 cm³/mol. The van der Waals surface area contributed by atoms with Crippen molar-refractivity contribution in [1.29, 1.82) is 0 Å². The molecule has 0 fully saturated rings. The molecule has 1 atom stereocenters. The first-order valence-electron chi connectivity index (χ1n) is 4.95. The molecule has 0 aromatic heterocycles. The summed E-state index contributed by atoms with van der Waals surface area (Å²) in [5, 5.41) is 9.54. The average molecular weight is 258 g/mol. The van der Waals surface area contributed by atoms with Crippen molar-refractivity contribution in [2.45, 2.75) is 17.4 Å². The molecule has 0 radical (unpaired) electrons. The zero-order valence-corrected chi connectivity index (χ0v) is 10.4. The van der Waals surface area contributed by atoms with E-state index in [2.05, 4.69) is 0 Å². The monoisotopic (exact) mass is 257 g/mol. The molecule has 0 bridgehead atoms. The minimum Gasteiger partial charge on any atom is -0.481 e. The quantitative estimate of drug-likeness (QED) is 0.885. The molecule has 0 amide bonds. The number of hydrogen-bond donors (Lipinski definition) is 1. The van der Waals surface area contributed by atoms with Gasteiger partial charge in [0.2, 0.25) is 0 Å². The topological polar surface area (TPSA) is 40.5 Å². The Morgan fingerprint density at radius 3 is 3.12 bits per heavy atom. The highest BCUT2D eigenvalue weighted by Gasteiger charge is 2.25. The summed E-state index contributed by atoms with van der Waals surface area (Å²) in [6.07, 6.45) is 0.172. The first-order valence-corrected chi connectivity index (χ1v) is 6.31. The van der Waals surface area contributed by atoms with Gasteiger partial charge in [0.25, 0.3) is 0 Å². The van der Waals surface area contributed by atoms with Gasteiger partial charge in [0.15, 0.2) is 0 Å². The summed E-state index contributed by atoms with van der Waals surface area (Å²) in [5.74, 6) is 0.0331. The molecule has 0 saturated carbocycles. The number of thioether (sulfide) groups is 1. The molecule has 1 aromatic rings. The van der Waals surface area contributed by atoms with Gasteiger partial charge in [0.1, 0.15) is 0 Å². The molecule has 1 aliphatic heterocycles. The Balaban J connectivity index is 2.25. The number of carbonyl (C=O) groups is 1. The number of rotatable bonds is 2. The van der Waals surface area contributed by atoms with Crippen LogP contribution in [0.1, 0.15) is 6.42 Å². The van der Waals surface area contributed by atoms with E-state index in [9.17, 15) is 4.79 Å². The fourth-order valence-corrected chi connectivity index (χ4v) is 3.31. The van der Waals surface area contributed by atoms with Gasteiger partial charge < -0.3 is 10.0 Å². The third-order valence-electron chi connectivity index (χ3n) is 2.69. The zero-order valence-electron chi connectivity index (χ0n) is 8.81. The van der Waals surface area contributed by atoms with Gasteiger partial charge in [-0.3, -0.25) is 4.79 Å². The number of hydrogen-bond acceptors (Lipinski definition) is 3. The summed E-state index contributed by atoms with van der Waals surface area (Å²) >= 11 is 7.59. The highest BCUT2D eigenvalue weighted by Crippen LogP contribution is 2.38. The first-order chi connectivity index (χ1) is 7.58. The molecule has 1 aliphatic rings. The predicted octanol–water partition coefficient (Wildman–Crippen LogP) is 2.73. The van der Waals surface area contributed by atoms with Crippen LogP contribution in [0, 0.1) is 0 Å². The van der Waals surface area contributed by atoms with Crippen molar-refractivity contribution < 1.29 is 9.90 Å². The standard InChI is InChI=1S/C11H12ClNO2S/c1-13-8(5-11(14)15)6-16-10-4-7(12)2-3-9(10)13/h2-4,8H,5-6H2,1H3,(H,14,15). The first kappa shape index (κ1) is 11.6. The van der Waals surface area contributed by atoms with Gasteiger partial charge >= 0.3 is 5.97 Å². The lowest BCUT2D eigenvalue weighted by Crippen LogP contribution is -2.38. The van der Waals surface area contributed by atoms with E-state index < -0.39 is 5.97 Å². The van der Waals surface area contributed by atoms with Crippen LogP contribution in [0.4, 0.5) is 5.69 Å². The normalized spacial score (nSPS) is 19.4. The number of halogens is 1. The molecule has 16 heavy (non-hydrogen) atoms. The van der Waals surface area contributed by atoms with Gasteiger partial charge in [-0.05, 0) is 18.2 Å². The molecule has 3 nitrogen and oxygen atoms in total. The van der Waals surface area contributed by atoms with Crippen LogP contribution in [0.3, 0.4) is 0 Å². The largest absolute Gasteiger partial charge is 0.481 e. The third kappa shape index (κ3) is 2.28. The van der Waals surface area contributed by atoms with E-state index in [0.717, 1.165) is 21.4 Å². The fourth-order valence-electron chi connectivity index (χ4n) is 1.79. The minimum atomic E-state index is -0.755. The number of carboxylic acid groups (broad SMARTS) is 1. The van der Waals surface area contributed by atoms with Crippen LogP contribution in [-0.4, -0.2) is 29.9 Å². The van der Waals surface area contributed by atoms with E-state index in [1.54, 1.807) is 11.8 Å². The van der Waals surface area contributed by atoms with Crippen molar-refractivity contribution in [3.63, 3.8) is 0 Å². The molecule has 0 aliphatic carbocycles. The second-order valence-electron chi connectivity index (χ2n) is 3.79. The van der Waals surface area contributed by atoms with E-state index >= 15 is 0 Å². The van der Waals surface area contributed by atoms with Crippen LogP contribution in [0.25, 0.3) is 0 Å². The molecule has 5 heteroatoms. The maximum Gasteiger partial charge on any atom is 0.305 e. The molecule has 2 rings (SSSR count). The van der Waals surface area contributed by atoms with E-state index in [0.29, 0.717) is 0 Å². The van der Waals surface area contributed by atoms with Crippen LogP contribution in [0.2, 0.25) is 5.02 Å². The molecule has 1 heterocycles. The molecule has 1 aromatic carbocycles. The molecule has 86 valence electrons. The van der Waals surface area contributed by atoms with E-state index in [-0.39, 0.29) is 12.5 Å². The van der Waals surface area contributed by atoms with Crippen molar-refractivity contribution >= 4 is 35.0 Å². The summed E-state index contributed by atoms with van der Waals surface area (Å²) in [6.45, 7) is 0. The Labute approximate surface area is 103 Å². The van der Waals surface area contributed by atoms with Crippen molar-refractivity contribution in [3.8, 4) is 0 Å². The van der Waals surface area contributed by atoms with Crippen molar-refractivity contribution in [2.24, 2.45) is 0 Å². The lowest BCUT2D eigenvalue weighted by atomic mass is 10.1. The van der Waals surface area contributed by atoms with E-state index in [1.807, 2.05) is 30.1 Å². The Morgan fingerprint density at radius 2 is 2.44 bits per heavy atom. The molecular weight excluding hydrogens is 246 g/mol. The van der Waals surface area contributed by atoms with Gasteiger partial charge in [-0.25, -0.2) is 0 Å². The number of carboxylic acids is 1. The summed E-state index contributed by atoms with van der Waals surface area (Å²) in [4.78, 5) is 13.9. The van der Waals surface area contributed by atoms with Gasteiger partial charge in [0, 0.05) is 28.8 Å². The average Bonchev–Trinajstić information content (AvgIpc) is 2.22. The second kappa shape index (κ2) is 4.55. The SMILES string of the molecule is CN1c2ccc(Cl)cc2SCC1CC(=O)O. The highest BCUT2D eigenvalue weighted by molar-refractivity contribution is 7.99. The number of nitrogens with zero attached hydrogens (tertiary/aromatic N) is 1. The number of aliphatic carboxylic acids is 1. The molecule has 0 saturated heterocycles. The van der Waals surface area contributed by atoms with Crippen molar-refractivity contribution in [2.75, 3.05) is 17.7 Å².